The minimum atomic E-state index is -0.127. The largest absolute Gasteiger partial charge is 0.340 e. The number of rotatable bonds is 6. The maximum Gasteiger partial charge on any atom is 0.250 e. The fourth-order valence-electron chi connectivity index (χ4n) is 3.43. The second-order valence-electron chi connectivity index (χ2n) is 6.83. The van der Waals surface area contributed by atoms with Crippen molar-refractivity contribution in [3.05, 3.63) is 70.6 Å². The monoisotopic (exact) mass is 353 g/mol. The Morgan fingerprint density at radius 2 is 1.73 bits per heavy atom. The molecule has 2 heterocycles. The van der Waals surface area contributed by atoms with E-state index >= 15 is 0 Å². The van der Waals surface area contributed by atoms with Crippen molar-refractivity contribution >= 4 is 5.91 Å². The maximum absolute atomic E-state index is 12.5. The Balaban J connectivity index is 1.45. The fourth-order valence-corrected chi connectivity index (χ4v) is 3.43. The Kier molecular flexibility index (Phi) is 6.61. The summed E-state index contributed by atoms with van der Waals surface area (Å²) in [5.41, 5.74) is 1.26. The van der Waals surface area contributed by atoms with Gasteiger partial charge in [0.25, 0.3) is 5.56 Å². The molecule has 0 aliphatic carbocycles. The molecule has 0 unspecified atom stereocenters. The topological polar surface area (TPSA) is 45.6 Å². The van der Waals surface area contributed by atoms with Crippen LogP contribution in [0.2, 0.25) is 0 Å². The maximum atomic E-state index is 12.5. The van der Waals surface area contributed by atoms with Gasteiger partial charge in [-0.2, -0.15) is 0 Å². The van der Waals surface area contributed by atoms with Crippen LogP contribution in [0, 0.1) is 0 Å². The number of hydrogen-bond acceptors (Lipinski definition) is 3. The Morgan fingerprint density at radius 3 is 2.54 bits per heavy atom. The number of pyridine rings is 1. The molecule has 1 aromatic heterocycles. The molecule has 3 rings (SSSR count). The predicted octanol–water partition coefficient (Wildman–Crippen LogP) is 2.02. The zero-order chi connectivity index (χ0) is 18.2. The van der Waals surface area contributed by atoms with Gasteiger partial charge in [-0.1, -0.05) is 36.4 Å². The lowest BCUT2D eigenvalue weighted by molar-refractivity contribution is -0.131. The Labute approximate surface area is 154 Å². The lowest BCUT2D eigenvalue weighted by Crippen LogP contribution is -2.38. The smallest absolute Gasteiger partial charge is 0.250 e. The molecule has 0 radical (unpaired) electrons. The molecule has 1 saturated heterocycles. The number of benzene rings is 1. The van der Waals surface area contributed by atoms with E-state index < -0.39 is 0 Å². The third kappa shape index (κ3) is 5.30. The van der Waals surface area contributed by atoms with Crippen molar-refractivity contribution in [2.24, 2.45) is 0 Å². The van der Waals surface area contributed by atoms with E-state index in [2.05, 4.69) is 29.2 Å². The van der Waals surface area contributed by atoms with Gasteiger partial charge in [0.15, 0.2) is 0 Å². The van der Waals surface area contributed by atoms with E-state index in [1.807, 2.05) is 11.0 Å². The summed E-state index contributed by atoms with van der Waals surface area (Å²) in [5, 5.41) is 0. The van der Waals surface area contributed by atoms with Crippen LogP contribution in [-0.2, 0) is 17.8 Å². The molecule has 1 fully saturated rings. The summed E-state index contributed by atoms with van der Waals surface area (Å²) in [6.07, 6.45) is 4.89. The van der Waals surface area contributed by atoms with Gasteiger partial charge in [0.1, 0.15) is 6.54 Å². The summed E-state index contributed by atoms with van der Waals surface area (Å²) in [6.45, 7) is 4.65. The highest BCUT2D eigenvalue weighted by Crippen LogP contribution is 2.08. The minimum Gasteiger partial charge on any atom is -0.340 e. The molecule has 0 N–H and O–H groups in total. The van der Waals surface area contributed by atoms with Crippen molar-refractivity contribution < 1.29 is 4.79 Å². The number of aromatic nitrogens is 1. The van der Waals surface area contributed by atoms with Gasteiger partial charge in [-0.05, 0) is 44.0 Å². The van der Waals surface area contributed by atoms with Crippen LogP contribution < -0.4 is 5.56 Å². The second-order valence-corrected chi connectivity index (χ2v) is 6.83. The normalized spacial score (nSPS) is 15.6. The fraction of sp³-hybridized carbons (Fsp3) is 0.429. The Bertz CT molecular complexity index is 757. The predicted molar refractivity (Wildman–Crippen MR) is 103 cm³/mol. The molecule has 0 atom stereocenters. The van der Waals surface area contributed by atoms with Crippen molar-refractivity contribution in [3.63, 3.8) is 0 Å². The van der Waals surface area contributed by atoms with E-state index in [0.29, 0.717) is 0 Å². The van der Waals surface area contributed by atoms with Crippen molar-refractivity contribution in [3.8, 4) is 0 Å². The number of nitrogens with zero attached hydrogens (tertiary/aromatic N) is 3. The number of carbonyl (C=O) groups is 1. The van der Waals surface area contributed by atoms with Crippen molar-refractivity contribution in [1.82, 2.24) is 14.4 Å². The molecule has 2 aromatic rings. The molecule has 26 heavy (non-hydrogen) atoms. The van der Waals surface area contributed by atoms with Crippen molar-refractivity contribution in [2.75, 3.05) is 32.7 Å². The van der Waals surface area contributed by atoms with Gasteiger partial charge in [0.05, 0.1) is 0 Å². The van der Waals surface area contributed by atoms with Gasteiger partial charge < -0.3 is 14.4 Å². The van der Waals surface area contributed by atoms with Crippen molar-refractivity contribution in [2.45, 2.75) is 25.8 Å². The van der Waals surface area contributed by atoms with Crippen LogP contribution in [0.5, 0.6) is 0 Å². The molecule has 1 amide bonds. The van der Waals surface area contributed by atoms with Crippen LogP contribution in [-0.4, -0.2) is 53.0 Å². The molecule has 5 nitrogen and oxygen atoms in total. The van der Waals surface area contributed by atoms with E-state index in [0.717, 1.165) is 52.0 Å². The summed E-state index contributed by atoms with van der Waals surface area (Å²) in [4.78, 5) is 28.7. The highest BCUT2D eigenvalue weighted by molar-refractivity contribution is 5.76. The lowest BCUT2D eigenvalue weighted by Gasteiger charge is -2.22. The molecule has 5 heteroatoms. The summed E-state index contributed by atoms with van der Waals surface area (Å²) in [7, 11) is 0. The lowest BCUT2D eigenvalue weighted by atomic mass is 10.1. The van der Waals surface area contributed by atoms with Crippen LogP contribution in [0.4, 0.5) is 0 Å². The van der Waals surface area contributed by atoms with Gasteiger partial charge in [-0.3, -0.25) is 9.59 Å². The van der Waals surface area contributed by atoms with Gasteiger partial charge in [-0.25, -0.2) is 0 Å². The summed E-state index contributed by atoms with van der Waals surface area (Å²) < 4.78 is 1.48. The van der Waals surface area contributed by atoms with E-state index in [1.54, 1.807) is 18.3 Å². The van der Waals surface area contributed by atoms with Crippen molar-refractivity contribution in [1.29, 1.82) is 0 Å². The molecule has 1 aliphatic heterocycles. The summed E-state index contributed by atoms with van der Waals surface area (Å²) >= 11 is 0. The Morgan fingerprint density at radius 1 is 0.923 bits per heavy atom. The molecule has 138 valence electrons. The zero-order valence-electron chi connectivity index (χ0n) is 15.2. The zero-order valence-corrected chi connectivity index (χ0v) is 15.2. The summed E-state index contributed by atoms with van der Waals surface area (Å²) in [5.74, 6) is 0.0319. The molecular formula is C21H27N3O2. The number of carbonyl (C=O) groups excluding carboxylic acids is 1. The van der Waals surface area contributed by atoms with Crippen LogP contribution in [0.25, 0.3) is 0 Å². The first-order chi connectivity index (χ1) is 12.7. The van der Waals surface area contributed by atoms with Gasteiger partial charge in [-0.15, -0.1) is 0 Å². The molecule has 0 saturated carbocycles. The third-order valence-corrected chi connectivity index (χ3v) is 4.93. The first-order valence-corrected chi connectivity index (χ1v) is 9.42. The molecule has 0 bridgehead atoms. The average Bonchev–Trinajstić information content (AvgIpc) is 2.90. The van der Waals surface area contributed by atoms with E-state index in [-0.39, 0.29) is 18.0 Å². The van der Waals surface area contributed by atoms with Crippen LogP contribution >= 0.6 is 0 Å². The summed E-state index contributed by atoms with van der Waals surface area (Å²) in [6, 6.07) is 15.5. The molecule has 1 aliphatic rings. The SMILES string of the molecule is O=C(Cn1ccccc1=O)N1CCCN(CCCc2ccccc2)CC1. The van der Waals surface area contributed by atoms with Crippen LogP contribution in [0.3, 0.4) is 0 Å². The highest BCUT2D eigenvalue weighted by Gasteiger charge is 2.19. The molecular weight excluding hydrogens is 326 g/mol. The van der Waals surface area contributed by atoms with Gasteiger partial charge in [0, 0.05) is 31.9 Å². The number of amides is 1. The van der Waals surface area contributed by atoms with E-state index in [4.69, 9.17) is 0 Å². The minimum absolute atomic E-state index is 0.0319. The Hall–Kier alpha value is -2.40. The first-order valence-electron chi connectivity index (χ1n) is 9.42. The van der Waals surface area contributed by atoms with Crippen LogP contribution in [0.1, 0.15) is 18.4 Å². The second kappa shape index (κ2) is 9.34. The van der Waals surface area contributed by atoms with E-state index in [1.165, 1.54) is 16.2 Å². The van der Waals surface area contributed by atoms with Crippen LogP contribution in [0.15, 0.2) is 59.5 Å². The molecule has 0 spiro atoms. The number of aryl methyl sites for hydroxylation is 1. The van der Waals surface area contributed by atoms with Gasteiger partial charge in [0.2, 0.25) is 5.91 Å². The third-order valence-electron chi connectivity index (χ3n) is 4.93. The van der Waals surface area contributed by atoms with E-state index in [9.17, 15) is 9.59 Å². The standard InChI is InChI=1S/C21H27N3O2/c25-20-11-4-5-14-24(20)18-21(26)23-15-7-13-22(16-17-23)12-6-10-19-8-2-1-3-9-19/h1-5,8-9,11,14H,6-7,10,12-13,15-18H2. The number of hydrogen-bond donors (Lipinski definition) is 0. The average molecular weight is 353 g/mol. The first kappa shape index (κ1) is 18.4. The molecule has 1 aromatic carbocycles. The highest BCUT2D eigenvalue weighted by atomic mass is 16.2. The quantitative estimate of drug-likeness (QED) is 0.798. The van der Waals surface area contributed by atoms with Gasteiger partial charge >= 0.3 is 0 Å².